The summed E-state index contributed by atoms with van der Waals surface area (Å²) in [6.45, 7) is 3.75. The van der Waals surface area contributed by atoms with Crippen molar-refractivity contribution in [2.75, 3.05) is 13.1 Å². The normalized spacial score (nSPS) is 20.1. The Bertz CT molecular complexity index is 481. The molecule has 1 saturated heterocycles. The summed E-state index contributed by atoms with van der Waals surface area (Å²) in [6.07, 6.45) is 8.82. The minimum absolute atomic E-state index is 0.126. The molecule has 1 aliphatic rings. The Kier molecular flexibility index (Phi) is 4.77. The lowest BCUT2D eigenvalue weighted by Gasteiger charge is -2.20. The number of aromatic amines is 1. The first-order valence-corrected chi connectivity index (χ1v) is 7.18. The van der Waals surface area contributed by atoms with Crippen LogP contribution in [0.4, 0.5) is 0 Å². The number of pyridine rings is 1. The van der Waals surface area contributed by atoms with Gasteiger partial charge in [0.1, 0.15) is 5.56 Å². The lowest BCUT2D eigenvalue weighted by Crippen LogP contribution is -2.35. The highest BCUT2D eigenvalue weighted by Crippen LogP contribution is 2.22. The molecule has 2 rings (SSSR count). The van der Waals surface area contributed by atoms with Crippen molar-refractivity contribution in [3.05, 3.63) is 34.2 Å². The fourth-order valence-electron chi connectivity index (χ4n) is 2.82. The van der Waals surface area contributed by atoms with Crippen LogP contribution in [0.25, 0.3) is 0 Å². The second-order valence-corrected chi connectivity index (χ2v) is 5.30. The molecule has 0 aliphatic carbocycles. The molecule has 4 nitrogen and oxygen atoms in total. The highest BCUT2D eigenvalue weighted by Gasteiger charge is 2.22. The fourth-order valence-corrected chi connectivity index (χ4v) is 2.82. The van der Waals surface area contributed by atoms with Crippen LogP contribution in [-0.4, -0.2) is 28.9 Å². The van der Waals surface area contributed by atoms with Crippen molar-refractivity contribution < 1.29 is 4.79 Å². The molecule has 1 unspecified atom stereocenters. The van der Waals surface area contributed by atoms with Crippen LogP contribution in [0.1, 0.15) is 49.4 Å². The van der Waals surface area contributed by atoms with E-state index < -0.39 is 0 Å². The van der Waals surface area contributed by atoms with Crippen molar-refractivity contribution in [2.24, 2.45) is 5.92 Å². The first kappa shape index (κ1) is 13.8. The quantitative estimate of drug-likeness (QED) is 0.909. The zero-order valence-corrected chi connectivity index (χ0v) is 11.5. The lowest BCUT2D eigenvalue weighted by molar-refractivity contribution is 0.0758. The van der Waals surface area contributed by atoms with Crippen LogP contribution in [0, 0.1) is 5.92 Å². The van der Waals surface area contributed by atoms with Gasteiger partial charge in [0.15, 0.2) is 5.43 Å². The molecule has 1 amide bonds. The smallest absolute Gasteiger partial charge is 0.259 e. The van der Waals surface area contributed by atoms with Gasteiger partial charge in [0.05, 0.1) is 0 Å². The van der Waals surface area contributed by atoms with Gasteiger partial charge in [0, 0.05) is 31.5 Å². The maximum atomic E-state index is 12.3. The van der Waals surface area contributed by atoms with E-state index >= 15 is 0 Å². The van der Waals surface area contributed by atoms with Gasteiger partial charge < -0.3 is 9.88 Å². The second-order valence-electron chi connectivity index (χ2n) is 5.30. The van der Waals surface area contributed by atoms with E-state index in [1.807, 2.05) is 4.90 Å². The molecule has 1 aliphatic heterocycles. The third-order valence-electron chi connectivity index (χ3n) is 3.89. The molecule has 1 N–H and O–H groups in total. The predicted octanol–water partition coefficient (Wildman–Crippen LogP) is 2.42. The molecular weight excluding hydrogens is 240 g/mol. The molecule has 2 heterocycles. The van der Waals surface area contributed by atoms with Gasteiger partial charge in [0.25, 0.3) is 5.91 Å². The maximum absolute atomic E-state index is 12.3. The number of amides is 1. The van der Waals surface area contributed by atoms with Gasteiger partial charge in [-0.1, -0.05) is 19.8 Å². The van der Waals surface area contributed by atoms with Crippen LogP contribution in [0.3, 0.4) is 0 Å². The highest BCUT2D eigenvalue weighted by atomic mass is 16.2. The fraction of sp³-hybridized carbons (Fsp3) is 0.600. The maximum Gasteiger partial charge on any atom is 0.259 e. The van der Waals surface area contributed by atoms with Crippen molar-refractivity contribution in [1.29, 1.82) is 0 Å². The van der Waals surface area contributed by atoms with Crippen molar-refractivity contribution in [3.8, 4) is 0 Å². The molecule has 0 spiro atoms. The summed E-state index contributed by atoms with van der Waals surface area (Å²) in [5.41, 5.74) is 0.0644. The summed E-state index contributed by atoms with van der Waals surface area (Å²) in [7, 11) is 0. The number of hydrogen-bond donors (Lipinski definition) is 1. The molecule has 4 heteroatoms. The predicted molar refractivity (Wildman–Crippen MR) is 75.2 cm³/mol. The number of aromatic nitrogens is 1. The minimum Gasteiger partial charge on any atom is -0.367 e. The summed E-state index contributed by atoms with van der Waals surface area (Å²) in [5, 5.41) is 0. The van der Waals surface area contributed by atoms with E-state index in [1.165, 1.54) is 31.5 Å². The van der Waals surface area contributed by atoms with Gasteiger partial charge in [-0.3, -0.25) is 9.59 Å². The molecule has 104 valence electrons. The largest absolute Gasteiger partial charge is 0.367 e. The molecule has 0 radical (unpaired) electrons. The first-order valence-electron chi connectivity index (χ1n) is 7.18. The Labute approximate surface area is 113 Å². The molecule has 1 aromatic heterocycles. The molecule has 0 bridgehead atoms. The van der Waals surface area contributed by atoms with Crippen LogP contribution >= 0.6 is 0 Å². The standard InChI is InChI=1S/C15H22N2O2/c1-2-4-12-5-3-9-17(10-7-12)15(19)13-11-16-8-6-14(13)18/h6,8,11-12H,2-5,7,9-10H2,1H3,(H,16,18). The monoisotopic (exact) mass is 262 g/mol. The second kappa shape index (κ2) is 6.55. The van der Waals surface area contributed by atoms with Gasteiger partial charge in [-0.05, 0) is 25.2 Å². The number of carbonyl (C=O) groups excluding carboxylic acids is 1. The van der Waals surface area contributed by atoms with Crippen LogP contribution in [-0.2, 0) is 0 Å². The van der Waals surface area contributed by atoms with Gasteiger partial charge in [-0.25, -0.2) is 0 Å². The molecule has 1 aromatic rings. The SMILES string of the molecule is CCCC1CCCN(C(=O)c2c[nH]ccc2=O)CC1. The lowest BCUT2D eigenvalue weighted by atomic mass is 9.96. The number of hydrogen-bond acceptors (Lipinski definition) is 2. The first-order chi connectivity index (χ1) is 9.22. The summed E-state index contributed by atoms with van der Waals surface area (Å²) in [5.74, 6) is 0.607. The van der Waals surface area contributed by atoms with Crippen molar-refractivity contribution in [2.45, 2.75) is 39.0 Å². The highest BCUT2D eigenvalue weighted by molar-refractivity contribution is 5.93. The third-order valence-corrected chi connectivity index (χ3v) is 3.89. The van der Waals surface area contributed by atoms with E-state index in [2.05, 4.69) is 11.9 Å². The minimum atomic E-state index is -0.196. The Morgan fingerprint density at radius 3 is 3.00 bits per heavy atom. The van der Waals surface area contributed by atoms with Gasteiger partial charge in [0.2, 0.25) is 0 Å². The third kappa shape index (κ3) is 3.46. The average Bonchev–Trinajstić information content (AvgIpc) is 2.65. The summed E-state index contributed by atoms with van der Waals surface area (Å²) in [4.78, 5) is 28.7. The van der Waals surface area contributed by atoms with Crippen molar-refractivity contribution in [3.63, 3.8) is 0 Å². The van der Waals surface area contributed by atoms with Crippen molar-refractivity contribution in [1.82, 2.24) is 9.88 Å². The van der Waals surface area contributed by atoms with E-state index in [0.29, 0.717) is 0 Å². The van der Waals surface area contributed by atoms with E-state index in [-0.39, 0.29) is 16.9 Å². The Hall–Kier alpha value is -1.58. The molecule has 1 atom stereocenters. The van der Waals surface area contributed by atoms with Crippen LogP contribution in [0.15, 0.2) is 23.3 Å². The number of H-pyrrole nitrogens is 1. The number of rotatable bonds is 3. The topological polar surface area (TPSA) is 53.2 Å². The van der Waals surface area contributed by atoms with E-state index in [9.17, 15) is 9.59 Å². The van der Waals surface area contributed by atoms with E-state index in [0.717, 1.165) is 31.8 Å². The number of carbonyl (C=O) groups is 1. The van der Waals surface area contributed by atoms with E-state index in [4.69, 9.17) is 0 Å². The summed E-state index contributed by atoms with van der Waals surface area (Å²) < 4.78 is 0. The zero-order valence-electron chi connectivity index (χ0n) is 11.5. The Balaban J connectivity index is 2.04. The zero-order chi connectivity index (χ0) is 13.7. The number of nitrogens with zero attached hydrogens (tertiary/aromatic N) is 1. The molecule has 19 heavy (non-hydrogen) atoms. The van der Waals surface area contributed by atoms with Crippen molar-refractivity contribution >= 4 is 5.91 Å². The van der Waals surface area contributed by atoms with Gasteiger partial charge in [-0.2, -0.15) is 0 Å². The van der Waals surface area contributed by atoms with Gasteiger partial charge in [-0.15, -0.1) is 0 Å². The summed E-state index contributed by atoms with van der Waals surface area (Å²) >= 11 is 0. The molecule has 1 fully saturated rings. The average molecular weight is 262 g/mol. The van der Waals surface area contributed by atoms with Crippen LogP contribution in [0.5, 0.6) is 0 Å². The summed E-state index contributed by atoms with van der Waals surface area (Å²) in [6, 6.07) is 1.41. The van der Waals surface area contributed by atoms with Gasteiger partial charge >= 0.3 is 0 Å². The molecular formula is C15H22N2O2. The molecule has 0 aromatic carbocycles. The molecule has 0 saturated carbocycles. The number of nitrogens with one attached hydrogen (secondary N) is 1. The van der Waals surface area contributed by atoms with Crippen LogP contribution < -0.4 is 5.43 Å². The Morgan fingerprint density at radius 1 is 1.42 bits per heavy atom. The Morgan fingerprint density at radius 2 is 2.26 bits per heavy atom. The number of likely N-dealkylation sites (tertiary alicyclic amines) is 1. The van der Waals surface area contributed by atoms with E-state index in [1.54, 1.807) is 6.20 Å². The van der Waals surface area contributed by atoms with Crippen LogP contribution in [0.2, 0.25) is 0 Å².